The number of hydrogen-bond acceptors (Lipinski definition) is 6. The summed E-state index contributed by atoms with van der Waals surface area (Å²) in [5, 5.41) is 15.7. The molecule has 0 unspecified atom stereocenters. The van der Waals surface area contributed by atoms with E-state index in [0.29, 0.717) is 23.8 Å². The van der Waals surface area contributed by atoms with Crippen molar-refractivity contribution in [2.24, 2.45) is 5.14 Å². The van der Waals surface area contributed by atoms with Gasteiger partial charge in [0.05, 0.1) is 17.0 Å². The summed E-state index contributed by atoms with van der Waals surface area (Å²) in [6, 6.07) is 6.19. The SMILES string of the molecule is NS(=O)(=O)c1ccc(CCNC(=O)Cc2csc(NC(=O)NC3CCCC3)n2)cc1. The van der Waals surface area contributed by atoms with E-state index < -0.39 is 10.0 Å². The predicted octanol–water partition coefficient (Wildman–Crippen LogP) is 1.76. The van der Waals surface area contributed by atoms with Crippen molar-refractivity contribution in [1.29, 1.82) is 0 Å². The maximum Gasteiger partial charge on any atom is 0.321 e. The molecule has 1 fully saturated rings. The van der Waals surface area contributed by atoms with Crippen LogP contribution in [0.5, 0.6) is 0 Å². The molecular formula is C19H25N5O4S2. The summed E-state index contributed by atoms with van der Waals surface area (Å²) in [5.41, 5.74) is 1.47. The molecule has 2 aromatic rings. The van der Waals surface area contributed by atoms with E-state index in [1.54, 1.807) is 17.5 Å². The largest absolute Gasteiger partial charge is 0.355 e. The average molecular weight is 452 g/mol. The highest BCUT2D eigenvalue weighted by Gasteiger charge is 2.18. The fraction of sp³-hybridized carbons (Fsp3) is 0.421. The number of carbonyl (C=O) groups is 2. The summed E-state index contributed by atoms with van der Waals surface area (Å²) in [6.45, 7) is 0.409. The smallest absolute Gasteiger partial charge is 0.321 e. The van der Waals surface area contributed by atoms with Crippen molar-refractivity contribution >= 4 is 38.4 Å². The van der Waals surface area contributed by atoms with E-state index in [4.69, 9.17) is 5.14 Å². The van der Waals surface area contributed by atoms with E-state index >= 15 is 0 Å². The predicted molar refractivity (Wildman–Crippen MR) is 115 cm³/mol. The van der Waals surface area contributed by atoms with Crippen molar-refractivity contribution in [1.82, 2.24) is 15.6 Å². The number of urea groups is 1. The normalized spacial score (nSPS) is 14.4. The fourth-order valence-corrected chi connectivity index (χ4v) is 4.47. The quantitative estimate of drug-likeness (QED) is 0.483. The first kappa shape index (κ1) is 22.2. The number of thiazole rings is 1. The molecule has 5 N–H and O–H groups in total. The van der Waals surface area contributed by atoms with Gasteiger partial charge in [0.25, 0.3) is 0 Å². The van der Waals surface area contributed by atoms with Crippen molar-refractivity contribution in [3.05, 3.63) is 40.9 Å². The van der Waals surface area contributed by atoms with Gasteiger partial charge in [0.1, 0.15) is 0 Å². The number of anilines is 1. The second-order valence-electron chi connectivity index (χ2n) is 7.19. The van der Waals surface area contributed by atoms with Gasteiger partial charge in [-0.15, -0.1) is 11.3 Å². The zero-order valence-corrected chi connectivity index (χ0v) is 18.0. The maximum atomic E-state index is 12.1. The lowest BCUT2D eigenvalue weighted by Crippen LogP contribution is -2.36. The fourth-order valence-electron chi connectivity index (χ4n) is 3.25. The Hall–Kier alpha value is -2.50. The van der Waals surface area contributed by atoms with Gasteiger partial charge in [-0.05, 0) is 37.0 Å². The molecule has 162 valence electrons. The molecule has 0 radical (unpaired) electrons. The van der Waals surface area contributed by atoms with E-state index in [1.165, 1.54) is 23.5 Å². The summed E-state index contributed by atoms with van der Waals surface area (Å²) in [4.78, 5) is 28.4. The Morgan fingerprint density at radius 3 is 2.53 bits per heavy atom. The number of amides is 3. The van der Waals surface area contributed by atoms with Crippen molar-refractivity contribution in [2.75, 3.05) is 11.9 Å². The molecule has 11 heteroatoms. The monoisotopic (exact) mass is 451 g/mol. The first-order valence-electron chi connectivity index (χ1n) is 9.70. The Labute approximate surface area is 179 Å². The lowest BCUT2D eigenvalue weighted by Gasteiger charge is -2.11. The molecule has 1 aromatic heterocycles. The third kappa shape index (κ3) is 6.78. The summed E-state index contributed by atoms with van der Waals surface area (Å²) < 4.78 is 22.5. The van der Waals surface area contributed by atoms with Gasteiger partial charge in [0, 0.05) is 18.0 Å². The van der Waals surface area contributed by atoms with E-state index in [2.05, 4.69) is 20.9 Å². The minimum atomic E-state index is -3.71. The molecule has 30 heavy (non-hydrogen) atoms. The number of sulfonamides is 1. The highest BCUT2D eigenvalue weighted by molar-refractivity contribution is 7.89. The lowest BCUT2D eigenvalue weighted by molar-refractivity contribution is -0.120. The van der Waals surface area contributed by atoms with E-state index in [1.807, 2.05) is 0 Å². The molecule has 0 saturated heterocycles. The van der Waals surface area contributed by atoms with Crippen molar-refractivity contribution < 1.29 is 18.0 Å². The van der Waals surface area contributed by atoms with Crippen LogP contribution in [0.25, 0.3) is 0 Å². The summed E-state index contributed by atoms with van der Waals surface area (Å²) in [7, 11) is -3.71. The number of benzene rings is 1. The number of nitrogens with two attached hydrogens (primary N) is 1. The highest BCUT2D eigenvalue weighted by atomic mass is 32.2. The molecule has 1 aliphatic rings. The topological polar surface area (TPSA) is 143 Å². The molecule has 1 heterocycles. The van der Waals surface area contributed by atoms with Gasteiger partial charge >= 0.3 is 6.03 Å². The van der Waals surface area contributed by atoms with E-state index in [0.717, 1.165) is 31.2 Å². The number of hydrogen-bond donors (Lipinski definition) is 4. The van der Waals surface area contributed by atoms with Gasteiger partial charge in [-0.2, -0.15) is 0 Å². The van der Waals surface area contributed by atoms with Crippen LogP contribution < -0.4 is 21.1 Å². The molecule has 1 aliphatic carbocycles. The number of aromatic nitrogens is 1. The zero-order valence-electron chi connectivity index (χ0n) is 16.4. The average Bonchev–Trinajstić information content (AvgIpc) is 3.33. The van der Waals surface area contributed by atoms with Crippen molar-refractivity contribution in [3.8, 4) is 0 Å². The number of rotatable bonds is 8. The van der Waals surface area contributed by atoms with Crippen LogP contribution in [0.2, 0.25) is 0 Å². The Morgan fingerprint density at radius 2 is 1.87 bits per heavy atom. The molecule has 0 aliphatic heterocycles. The Morgan fingerprint density at radius 1 is 1.17 bits per heavy atom. The standard InChI is InChI=1S/C19H25N5O4S2/c20-30(27,28)16-7-5-13(6-8-16)9-10-21-17(25)11-15-12-29-19(23-15)24-18(26)22-14-3-1-2-4-14/h5-8,12,14H,1-4,9-11H2,(H,21,25)(H2,20,27,28)(H2,22,23,24,26). The van der Waals surface area contributed by atoms with Crippen molar-refractivity contribution in [3.63, 3.8) is 0 Å². The Balaban J connectivity index is 1.39. The van der Waals surface area contributed by atoms with Crippen LogP contribution in [0.3, 0.4) is 0 Å². The Kier molecular flexibility index (Phi) is 7.40. The third-order valence-electron chi connectivity index (χ3n) is 4.79. The van der Waals surface area contributed by atoms with Gasteiger partial charge in [0.2, 0.25) is 15.9 Å². The van der Waals surface area contributed by atoms with Gasteiger partial charge in [0.15, 0.2) is 5.13 Å². The van der Waals surface area contributed by atoms with Gasteiger partial charge < -0.3 is 10.6 Å². The van der Waals surface area contributed by atoms with Crippen LogP contribution in [0.15, 0.2) is 34.5 Å². The first-order chi connectivity index (χ1) is 14.3. The summed E-state index contributed by atoms with van der Waals surface area (Å²) >= 11 is 1.28. The van der Waals surface area contributed by atoms with Crippen molar-refractivity contribution in [2.45, 2.75) is 49.5 Å². The molecule has 3 amide bonds. The second kappa shape index (κ2) is 10.0. The van der Waals surface area contributed by atoms with Gasteiger partial charge in [-0.25, -0.2) is 23.3 Å². The minimum absolute atomic E-state index is 0.0557. The summed E-state index contributed by atoms with van der Waals surface area (Å²) in [6.07, 6.45) is 4.97. The molecule has 0 bridgehead atoms. The van der Waals surface area contributed by atoms with Crippen LogP contribution in [-0.2, 0) is 27.7 Å². The number of nitrogens with zero attached hydrogens (tertiary/aromatic N) is 1. The van der Waals surface area contributed by atoms with Crippen LogP contribution in [0.1, 0.15) is 36.9 Å². The van der Waals surface area contributed by atoms with E-state index in [9.17, 15) is 18.0 Å². The number of primary sulfonamides is 1. The molecular weight excluding hydrogens is 426 g/mol. The molecule has 9 nitrogen and oxygen atoms in total. The number of nitrogens with one attached hydrogen (secondary N) is 3. The molecule has 1 saturated carbocycles. The van der Waals surface area contributed by atoms with Gasteiger partial charge in [-0.3, -0.25) is 10.1 Å². The maximum absolute atomic E-state index is 12.1. The molecule has 3 rings (SSSR count). The van der Waals surface area contributed by atoms with Gasteiger partial charge in [-0.1, -0.05) is 25.0 Å². The Bertz CT molecular complexity index is 983. The van der Waals surface area contributed by atoms with Crippen LogP contribution in [-0.4, -0.2) is 37.9 Å². The highest BCUT2D eigenvalue weighted by Crippen LogP contribution is 2.19. The third-order valence-corrected chi connectivity index (χ3v) is 6.53. The zero-order chi connectivity index (χ0) is 21.6. The van der Waals surface area contributed by atoms with Crippen LogP contribution >= 0.6 is 11.3 Å². The van der Waals surface area contributed by atoms with Crippen LogP contribution in [0, 0.1) is 0 Å². The number of carbonyl (C=O) groups excluding carboxylic acids is 2. The van der Waals surface area contributed by atoms with Crippen LogP contribution in [0.4, 0.5) is 9.93 Å². The molecule has 0 atom stereocenters. The minimum Gasteiger partial charge on any atom is -0.355 e. The van der Waals surface area contributed by atoms with E-state index in [-0.39, 0.29) is 29.3 Å². The molecule has 1 aromatic carbocycles. The second-order valence-corrected chi connectivity index (χ2v) is 9.61. The summed E-state index contributed by atoms with van der Waals surface area (Å²) in [5.74, 6) is -0.177. The molecule has 0 spiro atoms. The first-order valence-corrected chi connectivity index (χ1v) is 12.1. The lowest BCUT2D eigenvalue weighted by atomic mass is 10.1.